The Morgan fingerprint density at radius 1 is 1.41 bits per heavy atom. The number of nitrogens with one attached hydrogen (secondary N) is 1. The minimum Gasteiger partial charge on any atom is -0.316 e. The molecule has 0 aliphatic carbocycles. The molecule has 1 aromatic carbocycles. The summed E-state index contributed by atoms with van der Waals surface area (Å²) >= 11 is 0. The molecule has 2 atom stereocenters. The molecule has 2 nitrogen and oxygen atoms in total. The Morgan fingerprint density at radius 2 is 2.18 bits per heavy atom. The molecule has 0 amide bonds. The number of hydrogen-bond donors (Lipinski definition) is 1. The van der Waals surface area contributed by atoms with Crippen LogP contribution in [0.2, 0.25) is 0 Å². The highest BCUT2D eigenvalue weighted by atomic mass is 19.1. The van der Waals surface area contributed by atoms with Gasteiger partial charge in [0.25, 0.3) is 0 Å². The summed E-state index contributed by atoms with van der Waals surface area (Å²) in [6.45, 7) is 3.48. The zero-order valence-corrected chi connectivity index (χ0v) is 9.67. The Labute approximate surface area is 99.0 Å². The Bertz CT molecular complexity index is 433. The summed E-state index contributed by atoms with van der Waals surface area (Å²) in [6, 6.07) is 3.34. The van der Waals surface area contributed by atoms with Gasteiger partial charge in [-0.1, -0.05) is 13.0 Å². The average Bonchev–Trinajstić information content (AvgIpc) is 2.68. The molecule has 4 heteroatoms. The van der Waals surface area contributed by atoms with Gasteiger partial charge in [0, 0.05) is 24.9 Å². The molecule has 2 rings (SSSR count). The van der Waals surface area contributed by atoms with E-state index >= 15 is 0 Å². The third-order valence-corrected chi connectivity index (χ3v) is 3.31. The van der Waals surface area contributed by atoms with E-state index in [0.717, 1.165) is 12.6 Å². The summed E-state index contributed by atoms with van der Waals surface area (Å²) in [5.74, 6) is -1.01. The van der Waals surface area contributed by atoms with Crippen LogP contribution >= 0.6 is 0 Å². The van der Waals surface area contributed by atoms with Crippen LogP contribution in [0, 0.1) is 23.5 Å². The number of rotatable bonds is 3. The van der Waals surface area contributed by atoms with Crippen LogP contribution in [-0.4, -0.2) is 18.9 Å². The highest BCUT2D eigenvalue weighted by molar-refractivity contribution is 5.84. The summed E-state index contributed by atoms with van der Waals surface area (Å²) in [6.07, 6.45) is 0.0444. The summed E-state index contributed by atoms with van der Waals surface area (Å²) in [5.41, 5.74) is 0.274. The fourth-order valence-corrected chi connectivity index (χ4v) is 2.22. The normalized spacial score (nSPS) is 23.9. The summed E-state index contributed by atoms with van der Waals surface area (Å²) in [4.78, 5) is 12.0. The Morgan fingerprint density at radius 3 is 2.76 bits per heavy atom. The summed E-state index contributed by atoms with van der Waals surface area (Å²) in [5, 5.41) is 3.14. The zero-order valence-electron chi connectivity index (χ0n) is 9.67. The van der Waals surface area contributed by atoms with Crippen molar-refractivity contribution in [3.8, 4) is 0 Å². The van der Waals surface area contributed by atoms with Gasteiger partial charge in [0.1, 0.15) is 17.4 Å². The number of ketones is 1. The van der Waals surface area contributed by atoms with Gasteiger partial charge in [-0.05, 0) is 24.1 Å². The topological polar surface area (TPSA) is 29.1 Å². The van der Waals surface area contributed by atoms with Crippen LogP contribution in [0.25, 0.3) is 0 Å². The van der Waals surface area contributed by atoms with Crippen LogP contribution in [0.15, 0.2) is 18.2 Å². The van der Waals surface area contributed by atoms with E-state index in [1.54, 1.807) is 0 Å². The minimum atomic E-state index is -0.642. The van der Waals surface area contributed by atoms with Crippen LogP contribution in [-0.2, 0) is 11.2 Å². The van der Waals surface area contributed by atoms with Gasteiger partial charge < -0.3 is 5.32 Å². The van der Waals surface area contributed by atoms with Crippen LogP contribution in [0.4, 0.5) is 8.78 Å². The van der Waals surface area contributed by atoms with E-state index < -0.39 is 11.6 Å². The van der Waals surface area contributed by atoms with Crippen LogP contribution in [0.1, 0.15) is 12.5 Å². The largest absolute Gasteiger partial charge is 0.316 e. The molecule has 1 heterocycles. The monoisotopic (exact) mass is 239 g/mol. The van der Waals surface area contributed by atoms with E-state index in [2.05, 4.69) is 5.32 Å². The van der Waals surface area contributed by atoms with E-state index in [-0.39, 0.29) is 29.6 Å². The summed E-state index contributed by atoms with van der Waals surface area (Å²) in [7, 11) is 0. The Balaban J connectivity index is 2.07. The second kappa shape index (κ2) is 4.92. The molecule has 1 saturated heterocycles. The lowest BCUT2D eigenvalue weighted by molar-refractivity contribution is -0.122. The first-order chi connectivity index (χ1) is 8.08. The van der Waals surface area contributed by atoms with E-state index in [0.29, 0.717) is 6.54 Å². The SMILES string of the molecule is CC1CNCC1C(=O)Cc1ccc(F)cc1F. The first-order valence-corrected chi connectivity index (χ1v) is 5.75. The molecule has 92 valence electrons. The van der Waals surface area contributed by atoms with Gasteiger partial charge in [-0.2, -0.15) is 0 Å². The number of carbonyl (C=O) groups excluding carboxylic acids is 1. The quantitative estimate of drug-likeness (QED) is 0.873. The maximum atomic E-state index is 13.4. The van der Waals surface area contributed by atoms with Crippen LogP contribution in [0.5, 0.6) is 0 Å². The fourth-order valence-electron chi connectivity index (χ4n) is 2.22. The second-order valence-corrected chi connectivity index (χ2v) is 4.62. The molecule has 0 spiro atoms. The fraction of sp³-hybridized carbons (Fsp3) is 0.462. The molecule has 0 radical (unpaired) electrons. The smallest absolute Gasteiger partial charge is 0.142 e. The highest BCUT2D eigenvalue weighted by Gasteiger charge is 2.29. The van der Waals surface area contributed by atoms with Gasteiger partial charge in [0.2, 0.25) is 0 Å². The predicted molar refractivity (Wildman–Crippen MR) is 60.6 cm³/mol. The lowest BCUT2D eigenvalue weighted by Crippen LogP contribution is -2.23. The molecule has 1 fully saturated rings. The first-order valence-electron chi connectivity index (χ1n) is 5.75. The molecule has 0 aromatic heterocycles. The van der Waals surface area contributed by atoms with Crippen molar-refractivity contribution in [3.63, 3.8) is 0 Å². The maximum Gasteiger partial charge on any atom is 0.142 e. The van der Waals surface area contributed by atoms with E-state index in [4.69, 9.17) is 0 Å². The molecule has 0 bridgehead atoms. The number of halogens is 2. The molecule has 1 aliphatic rings. The van der Waals surface area contributed by atoms with Crippen molar-refractivity contribution in [1.82, 2.24) is 5.32 Å². The van der Waals surface area contributed by atoms with E-state index in [1.807, 2.05) is 6.92 Å². The van der Waals surface area contributed by atoms with Crippen molar-refractivity contribution in [3.05, 3.63) is 35.4 Å². The van der Waals surface area contributed by atoms with Gasteiger partial charge in [-0.15, -0.1) is 0 Å². The van der Waals surface area contributed by atoms with Gasteiger partial charge >= 0.3 is 0 Å². The molecule has 2 unspecified atom stereocenters. The van der Waals surface area contributed by atoms with Crippen molar-refractivity contribution in [1.29, 1.82) is 0 Å². The highest BCUT2D eigenvalue weighted by Crippen LogP contribution is 2.20. The van der Waals surface area contributed by atoms with Crippen molar-refractivity contribution < 1.29 is 13.6 Å². The van der Waals surface area contributed by atoms with Gasteiger partial charge in [-0.3, -0.25) is 4.79 Å². The van der Waals surface area contributed by atoms with Gasteiger partial charge in [0.15, 0.2) is 0 Å². The Kier molecular flexibility index (Phi) is 3.52. The number of carbonyl (C=O) groups is 1. The van der Waals surface area contributed by atoms with Crippen molar-refractivity contribution >= 4 is 5.78 Å². The average molecular weight is 239 g/mol. The molecular weight excluding hydrogens is 224 g/mol. The zero-order chi connectivity index (χ0) is 12.4. The number of benzene rings is 1. The third kappa shape index (κ3) is 2.69. The van der Waals surface area contributed by atoms with Crippen molar-refractivity contribution in [2.45, 2.75) is 13.3 Å². The van der Waals surface area contributed by atoms with E-state index in [9.17, 15) is 13.6 Å². The molecular formula is C13H15F2NO. The summed E-state index contributed by atoms with van der Waals surface area (Å²) < 4.78 is 26.1. The Hall–Kier alpha value is -1.29. The molecule has 0 saturated carbocycles. The minimum absolute atomic E-state index is 0.0213. The molecule has 1 aliphatic heterocycles. The first kappa shape index (κ1) is 12.2. The lowest BCUT2D eigenvalue weighted by Gasteiger charge is -2.12. The van der Waals surface area contributed by atoms with Crippen LogP contribution in [0.3, 0.4) is 0 Å². The number of hydrogen-bond acceptors (Lipinski definition) is 2. The third-order valence-electron chi connectivity index (χ3n) is 3.31. The maximum absolute atomic E-state index is 13.4. The van der Waals surface area contributed by atoms with Crippen molar-refractivity contribution in [2.24, 2.45) is 11.8 Å². The predicted octanol–water partition coefficient (Wildman–Crippen LogP) is 1.93. The molecule has 1 N–H and O–H groups in total. The van der Waals surface area contributed by atoms with Crippen molar-refractivity contribution in [2.75, 3.05) is 13.1 Å². The van der Waals surface area contributed by atoms with Gasteiger partial charge in [0.05, 0.1) is 0 Å². The second-order valence-electron chi connectivity index (χ2n) is 4.62. The molecule has 1 aromatic rings. The standard InChI is InChI=1S/C13H15F2NO/c1-8-6-16-7-11(8)13(17)4-9-2-3-10(14)5-12(9)15/h2-3,5,8,11,16H,4,6-7H2,1H3. The molecule has 17 heavy (non-hydrogen) atoms. The lowest BCUT2D eigenvalue weighted by atomic mass is 9.90. The van der Waals surface area contributed by atoms with E-state index in [1.165, 1.54) is 12.1 Å². The number of Topliss-reactive ketones (excluding diaryl/α,β-unsaturated/α-hetero) is 1. The van der Waals surface area contributed by atoms with Gasteiger partial charge in [-0.25, -0.2) is 8.78 Å². The van der Waals surface area contributed by atoms with Crippen LogP contribution < -0.4 is 5.32 Å².